The summed E-state index contributed by atoms with van der Waals surface area (Å²) in [5, 5.41) is -0.132. The molecule has 0 atom stereocenters. The molecule has 106 valence electrons. The zero-order valence-corrected chi connectivity index (χ0v) is 10.4. The Morgan fingerprint density at radius 1 is 1.35 bits per heavy atom. The number of rotatable bonds is 2. The van der Waals surface area contributed by atoms with Crippen molar-refractivity contribution in [1.29, 1.82) is 0 Å². The van der Waals surface area contributed by atoms with Crippen molar-refractivity contribution in [2.75, 3.05) is 6.61 Å². The number of carbonyl (C=O) groups is 1. The fourth-order valence-corrected chi connectivity index (χ4v) is 1.83. The highest BCUT2D eigenvalue weighted by Crippen LogP contribution is 2.33. The maximum Gasteiger partial charge on any atom is 0.418 e. The number of alkyl halides is 3. The van der Waals surface area contributed by atoms with Crippen molar-refractivity contribution in [2.24, 2.45) is 0 Å². The van der Waals surface area contributed by atoms with Crippen LogP contribution in [0.15, 0.2) is 29.1 Å². The van der Waals surface area contributed by atoms with Crippen LogP contribution in [0.1, 0.15) is 23.0 Å². The molecule has 0 bridgehead atoms. The van der Waals surface area contributed by atoms with Gasteiger partial charge in [-0.3, -0.25) is 4.79 Å². The summed E-state index contributed by atoms with van der Waals surface area (Å²) in [5.74, 6) is -0.872. The third-order valence-electron chi connectivity index (χ3n) is 2.67. The summed E-state index contributed by atoms with van der Waals surface area (Å²) in [5.41, 5.74) is -2.40. The number of H-pyrrole nitrogens is 1. The quantitative estimate of drug-likeness (QED) is 0.863. The summed E-state index contributed by atoms with van der Waals surface area (Å²) in [6.07, 6.45) is -4.63. The van der Waals surface area contributed by atoms with Crippen LogP contribution in [0.5, 0.6) is 0 Å². The molecule has 0 fully saturated rings. The maximum absolute atomic E-state index is 12.9. The first-order valence-corrected chi connectivity index (χ1v) is 5.75. The number of fused-ring (bicyclic) bond motifs is 1. The summed E-state index contributed by atoms with van der Waals surface area (Å²) in [4.78, 5) is 25.7. The molecule has 0 radical (unpaired) electrons. The molecule has 0 aliphatic rings. The molecular weight excluding hydrogens is 275 g/mol. The van der Waals surface area contributed by atoms with Gasteiger partial charge in [0.2, 0.25) is 0 Å². The number of nitrogens with one attached hydrogen (secondary N) is 1. The van der Waals surface area contributed by atoms with Gasteiger partial charge in [-0.25, -0.2) is 4.79 Å². The number of ether oxygens (including phenoxy) is 1. The number of esters is 1. The van der Waals surface area contributed by atoms with Gasteiger partial charge in [0.15, 0.2) is 5.43 Å². The van der Waals surface area contributed by atoms with Gasteiger partial charge in [-0.05, 0) is 19.1 Å². The second-order valence-corrected chi connectivity index (χ2v) is 3.99. The van der Waals surface area contributed by atoms with Gasteiger partial charge in [0, 0.05) is 11.5 Å². The molecule has 2 rings (SSSR count). The van der Waals surface area contributed by atoms with Crippen LogP contribution >= 0.6 is 0 Å². The summed E-state index contributed by atoms with van der Waals surface area (Å²) < 4.78 is 43.3. The Bertz CT molecular complexity index is 719. The van der Waals surface area contributed by atoms with Gasteiger partial charge >= 0.3 is 12.1 Å². The van der Waals surface area contributed by atoms with Crippen molar-refractivity contribution < 1.29 is 22.7 Å². The predicted octanol–water partition coefficient (Wildman–Crippen LogP) is 2.72. The highest BCUT2D eigenvalue weighted by Gasteiger charge is 2.33. The van der Waals surface area contributed by atoms with Crippen LogP contribution in [0.3, 0.4) is 0 Å². The zero-order valence-electron chi connectivity index (χ0n) is 10.4. The Morgan fingerprint density at radius 3 is 2.65 bits per heavy atom. The van der Waals surface area contributed by atoms with Gasteiger partial charge in [0.1, 0.15) is 5.69 Å². The van der Waals surface area contributed by atoms with Crippen LogP contribution in [0.25, 0.3) is 10.9 Å². The molecule has 1 aromatic heterocycles. The molecule has 0 spiro atoms. The third kappa shape index (κ3) is 2.52. The summed E-state index contributed by atoms with van der Waals surface area (Å²) >= 11 is 0. The first-order valence-electron chi connectivity index (χ1n) is 5.75. The summed E-state index contributed by atoms with van der Waals surface area (Å²) in [6.45, 7) is 1.61. The van der Waals surface area contributed by atoms with E-state index in [2.05, 4.69) is 9.72 Å². The molecule has 2 aromatic rings. The first kappa shape index (κ1) is 14.1. The SMILES string of the molecule is CCOC(=O)c1cc(=O)c2cccc(C(F)(F)F)c2[nH]1. The second-order valence-electron chi connectivity index (χ2n) is 3.99. The predicted molar refractivity (Wildman–Crippen MR) is 65.5 cm³/mol. The molecule has 0 aliphatic carbocycles. The number of aromatic amines is 1. The van der Waals surface area contributed by atoms with E-state index < -0.39 is 28.7 Å². The van der Waals surface area contributed by atoms with Gasteiger partial charge in [-0.1, -0.05) is 6.07 Å². The van der Waals surface area contributed by atoms with E-state index in [9.17, 15) is 22.8 Å². The minimum Gasteiger partial charge on any atom is -0.461 e. The van der Waals surface area contributed by atoms with Gasteiger partial charge in [0.05, 0.1) is 17.7 Å². The Kier molecular flexibility index (Phi) is 3.52. The largest absolute Gasteiger partial charge is 0.461 e. The van der Waals surface area contributed by atoms with E-state index in [1.807, 2.05) is 0 Å². The molecule has 0 saturated carbocycles. The Balaban J connectivity index is 2.74. The second kappa shape index (κ2) is 4.99. The number of pyridine rings is 1. The molecule has 1 aromatic carbocycles. The molecule has 1 heterocycles. The number of hydrogen-bond acceptors (Lipinski definition) is 3. The molecular formula is C13H10F3NO3. The third-order valence-corrected chi connectivity index (χ3v) is 2.67. The van der Waals surface area contributed by atoms with E-state index in [0.717, 1.165) is 18.2 Å². The van der Waals surface area contributed by atoms with E-state index in [1.165, 1.54) is 6.07 Å². The van der Waals surface area contributed by atoms with Gasteiger partial charge in [-0.15, -0.1) is 0 Å². The lowest BCUT2D eigenvalue weighted by Gasteiger charge is -2.11. The molecule has 0 unspecified atom stereocenters. The van der Waals surface area contributed by atoms with Crippen molar-refractivity contribution in [3.8, 4) is 0 Å². The lowest BCUT2D eigenvalue weighted by molar-refractivity contribution is -0.136. The van der Waals surface area contributed by atoms with Crippen molar-refractivity contribution in [3.05, 3.63) is 45.7 Å². The maximum atomic E-state index is 12.9. The van der Waals surface area contributed by atoms with Crippen molar-refractivity contribution in [3.63, 3.8) is 0 Å². The Labute approximate surface area is 111 Å². The topological polar surface area (TPSA) is 59.2 Å². The van der Waals surface area contributed by atoms with Crippen LogP contribution in [0.4, 0.5) is 13.2 Å². The number of para-hydroxylation sites is 1. The van der Waals surface area contributed by atoms with Crippen LogP contribution < -0.4 is 5.43 Å². The molecule has 1 N–H and O–H groups in total. The van der Waals surface area contributed by atoms with Crippen molar-refractivity contribution >= 4 is 16.9 Å². The molecule has 0 aliphatic heterocycles. The zero-order chi connectivity index (χ0) is 14.9. The van der Waals surface area contributed by atoms with Crippen molar-refractivity contribution in [1.82, 2.24) is 4.98 Å². The number of carbonyl (C=O) groups excluding carboxylic acids is 1. The van der Waals surface area contributed by atoms with E-state index in [1.54, 1.807) is 6.92 Å². The minimum absolute atomic E-state index is 0.0554. The molecule has 20 heavy (non-hydrogen) atoms. The Morgan fingerprint density at radius 2 is 2.05 bits per heavy atom. The highest BCUT2D eigenvalue weighted by molar-refractivity contribution is 5.92. The molecule has 0 amide bonds. The van der Waals surface area contributed by atoms with Crippen LogP contribution in [0.2, 0.25) is 0 Å². The van der Waals surface area contributed by atoms with Crippen LogP contribution in [-0.2, 0) is 10.9 Å². The fourth-order valence-electron chi connectivity index (χ4n) is 1.83. The number of benzene rings is 1. The fraction of sp³-hybridized carbons (Fsp3) is 0.231. The number of aromatic nitrogens is 1. The summed E-state index contributed by atoms with van der Waals surface area (Å²) in [6, 6.07) is 4.18. The van der Waals surface area contributed by atoms with Crippen LogP contribution in [0, 0.1) is 0 Å². The number of halogens is 3. The standard InChI is InChI=1S/C13H10F3NO3/c1-2-20-12(19)9-6-10(18)7-4-3-5-8(11(7)17-9)13(14,15)16/h3-6H,2H2,1H3,(H,17,18). The summed E-state index contributed by atoms with van der Waals surface area (Å²) in [7, 11) is 0. The Hall–Kier alpha value is -2.31. The van der Waals surface area contributed by atoms with E-state index in [4.69, 9.17) is 0 Å². The normalized spacial score (nSPS) is 11.6. The van der Waals surface area contributed by atoms with E-state index in [-0.39, 0.29) is 17.7 Å². The molecule has 7 heteroatoms. The lowest BCUT2D eigenvalue weighted by Crippen LogP contribution is -2.15. The van der Waals surface area contributed by atoms with E-state index >= 15 is 0 Å². The average Bonchev–Trinajstić information content (AvgIpc) is 2.37. The van der Waals surface area contributed by atoms with E-state index in [0.29, 0.717) is 0 Å². The minimum atomic E-state index is -4.63. The monoisotopic (exact) mass is 285 g/mol. The smallest absolute Gasteiger partial charge is 0.418 e. The van der Waals surface area contributed by atoms with Gasteiger partial charge < -0.3 is 9.72 Å². The lowest BCUT2D eigenvalue weighted by atomic mass is 10.1. The van der Waals surface area contributed by atoms with Crippen LogP contribution in [-0.4, -0.2) is 17.6 Å². The van der Waals surface area contributed by atoms with Gasteiger partial charge in [-0.2, -0.15) is 13.2 Å². The molecule has 4 nitrogen and oxygen atoms in total. The highest BCUT2D eigenvalue weighted by atomic mass is 19.4. The van der Waals surface area contributed by atoms with Gasteiger partial charge in [0.25, 0.3) is 0 Å². The molecule has 0 saturated heterocycles. The number of hydrogen-bond donors (Lipinski definition) is 1. The average molecular weight is 285 g/mol. The first-order chi connectivity index (χ1) is 9.34. The van der Waals surface area contributed by atoms with Crippen molar-refractivity contribution in [2.45, 2.75) is 13.1 Å².